The van der Waals surface area contributed by atoms with Crippen LogP contribution in [0.3, 0.4) is 0 Å². The van der Waals surface area contributed by atoms with Gasteiger partial charge in [0.2, 0.25) is 0 Å². The summed E-state index contributed by atoms with van der Waals surface area (Å²) in [5.74, 6) is 0. The van der Waals surface area contributed by atoms with Gasteiger partial charge in [-0.25, -0.2) is 5.26 Å². The topological polar surface area (TPSA) is 23.8 Å². The molecule has 0 bridgehead atoms. The van der Waals surface area contributed by atoms with Crippen LogP contribution in [0.1, 0.15) is 1.43 Å². The number of nitrogens with zero attached hydrogens (tertiary/aromatic N) is 1. The second kappa shape index (κ2) is 16.2. The Kier molecular flexibility index (Phi) is 50.7. The van der Waals surface area contributed by atoms with Gasteiger partial charge < -0.3 is 14.1 Å². The second-order valence-electron chi connectivity index (χ2n) is 0.0913. The SMILES string of the molecule is N#C[S-].[H-].[K+].[Na+]. The fourth-order valence-electron chi connectivity index (χ4n) is 0. The Morgan fingerprint density at radius 1 is 1.80 bits per heavy atom. The van der Waals surface area contributed by atoms with Crippen LogP contribution in [0.5, 0.6) is 0 Å². The van der Waals surface area contributed by atoms with Crippen LogP contribution in [0.15, 0.2) is 0 Å². The summed E-state index contributed by atoms with van der Waals surface area (Å²) in [6, 6.07) is 0. The summed E-state index contributed by atoms with van der Waals surface area (Å²) in [5, 5.41) is 8.47. The average Bonchev–Trinajstić information content (AvgIpc) is 0.918. The Morgan fingerprint density at radius 2 is 1.80 bits per heavy atom. The standard InChI is InChI=1S/CHNS.K.Na.H/c2-1-3;;;/h3H;;;/q;2*+1;-1/p-1. The van der Waals surface area contributed by atoms with Crippen molar-refractivity contribution in [1.82, 2.24) is 0 Å². The summed E-state index contributed by atoms with van der Waals surface area (Å²) in [7, 11) is 0. The monoisotopic (exact) mass is 121 g/mol. The molecule has 0 aliphatic carbocycles. The summed E-state index contributed by atoms with van der Waals surface area (Å²) in [5.41, 5.74) is 0. The van der Waals surface area contributed by atoms with Crippen LogP contribution in [0.25, 0.3) is 0 Å². The van der Waals surface area contributed by atoms with E-state index in [1.165, 1.54) is 5.40 Å². The molecule has 0 heterocycles. The van der Waals surface area contributed by atoms with Gasteiger partial charge in [0.1, 0.15) is 0 Å². The van der Waals surface area contributed by atoms with Crippen molar-refractivity contribution in [3.8, 4) is 5.40 Å². The summed E-state index contributed by atoms with van der Waals surface area (Å²) >= 11 is 3.70. The zero-order valence-electron chi connectivity index (χ0n) is 4.36. The van der Waals surface area contributed by atoms with Crippen molar-refractivity contribution in [2.24, 2.45) is 0 Å². The number of nitriles is 1. The average molecular weight is 121 g/mol. The minimum absolute atomic E-state index is 0. The normalized spacial score (nSPS) is 1.40. The molecule has 18 valence electrons. The van der Waals surface area contributed by atoms with Crippen LogP contribution >= 0.6 is 0 Å². The van der Waals surface area contributed by atoms with Gasteiger partial charge in [-0.3, -0.25) is 0 Å². The molecule has 0 radical (unpaired) electrons. The van der Waals surface area contributed by atoms with E-state index in [0.29, 0.717) is 0 Å². The second-order valence-corrected chi connectivity index (χ2v) is 0.274. The molecule has 5 heavy (non-hydrogen) atoms. The van der Waals surface area contributed by atoms with E-state index in [9.17, 15) is 0 Å². The van der Waals surface area contributed by atoms with Crippen molar-refractivity contribution in [3.63, 3.8) is 0 Å². The van der Waals surface area contributed by atoms with Gasteiger partial charge in [-0.2, -0.15) is 0 Å². The van der Waals surface area contributed by atoms with Gasteiger partial charge in [-0.1, -0.05) is 5.40 Å². The predicted octanol–water partition coefficient (Wildman–Crippen LogP) is -5.87. The molecule has 0 saturated carbocycles. The Bertz CT molecular complexity index is 37.0. The van der Waals surface area contributed by atoms with Gasteiger partial charge >= 0.3 is 80.9 Å². The van der Waals surface area contributed by atoms with Gasteiger partial charge in [0.15, 0.2) is 0 Å². The molecule has 4 heteroatoms. The van der Waals surface area contributed by atoms with E-state index < -0.39 is 0 Å². The number of thiocyanates is 1. The molecular formula is CHKNNaS. The van der Waals surface area contributed by atoms with Gasteiger partial charge in [0.25, 0.3) is 0 Å². The molecule has 0 aromatic heterocycles. The molecule has 0 fully saturated rings. The summed E-state index contributed by atoms with van der Waals surface area (Å²) in [4.78, 5) is 0. The number of rotatable bonds is 0. The third-order valence-electron chi connectivity index (χ3n) is 0. The molecule has 0 saturated heterocycles. The molecular weight excluding hydrogens is 120 g/mol. The number of hydrogen-bond acceptors (Lipinski definition) is 2. The first-order chi connectivity index (χ1) is 1.41. The first-order valence-electron chi connectivity index (χ1n) is 0.428. The Morgan fingerprint density at radius 3 is 1.80 bits per heavy atom. The maximum Gasteiger partial charge on any atom is 1.00 e. The molecule has 0 aromatic rings. The Balaban J connectivity index is -0.00000000667. The fourth-order valence-corrected chi connectivity index (χ4v) is 0. The third-order valence-corrected chi connectivity index (χ3v) is 0. The fraction of sp³-hybridized carbons (Fsp3) is 0. The van der Waals surface area contributed by atoms with Gasteiger partial charge in [0.05, 0.1) is 0 Å². The van der Waals surface area contributed by atoms with Crippen LogP contribution < -0.4 is 80.9 Å². The molecule has 0 aliphatic rings. The van der Waals surface area contributed by atoms with E-state index >= 15 is 0 Å². The molecule has 1 nitrogen and oxygen atoms in total. The van der Waals surface area contributed by atoms with E-state index in [4.69, 9.17) is 5.26 Å². The van der Waals surface area contributed by atoms with Crippen LogP contribution in [0.4, 0.5) is 0 Å². The first-order valence-corrected chi connectivity index (χ1v) is 0.836. The van der Waals surface area contributed by atoms with Gasteiger partial charge in [-0.05, 0) is 0 Å². The third kappa shape index (κ3) is 21.8. The minimum atomic E-state index is 0. The van der Waals surface area contributed by atoms with E-state index in [1.807, 2.05) is 0 Å². The number of hydrogen-bond donors (Lipinski definition) is 0. The molecule has 0 unspecified atom stereocenters. The molecule has 0 amide bonds. The van der Waals surface area contributed by atoms with Crippen molar-refractivity contribution in [2.75, 3.05) is 0 Å². The molecule has 0 spiro atoms. The largest absolute Gasteiger partial charge is 1.00 e. The van der Waals surface area contributed by atoms with Crippen LogP contribution in [0, 0.1) is 10.7 Å². The molecule has 0 aliphatic heterocycles. The zero-order valence-corrected chi connectivity index (χ0v) is 9.30. The Labute approximate surface area is 103 Å². The van der Waals surface area contributed by atoms with Crippen molar-refractivity contribution >= 4 is 12.6 Å². The van der Waals surface area contributed by atoms with E-state index in [1.54, 1.807) is 0 Å². The van der Waals surface area contributed by atoms with Crippen molar-refractivity contribution in [1.29, 1.82) is 5.26 Å². The molecule has 0 N–H and O–H groups in total. The molecule has 0 rings (SSSR count). The zero-order chi connectivity index (χ0) is 2.71. The maximum atomic E-state index is 7.13. The van der Waals surface area contributed by atoms with Crippen molar-refractivity contribution in [2.45, 2.75) is 0 Å². The van der Waals surface area contributed by atoms with Gasteiger partial charge in [0, 0.05) is 0 Å². The van der Waals surface area contributed by atoms with Crippen LogP contribution in [-0.4, -0.2) is 0 Å². The van der Waals surface area contributed by atoms with Crippen molar-refractivity contribution < 1.29 is 82.4 Å². The summed E-state index contributed by atoms with van der Waals surface area (Å²) in [6.07, 6.45) is 0. The Hall–Kier alpha value is 2.35. The van der Waals surface area contributed by atoms with E-state index in [0.717, 1.165) is 0 Å². The predicted molar refractivity (Wildman–Crippen MR) is 14.1 cm³/mol. The van der Waals surface area contributed by atoms with Crippen LogP contribution in [0.2, 0.25) is 0 Å². The van der Waals surface area contributed by atoms with E-state index in [-0.39, 0.29) is 82.4 Å². The summed E-state index contributed by atoms with van der Waals surface area (Å²) in [6.45, 7) is 0. The maximum absolute atomic E-state index is 7.13. The smallest absolute Gasteiger partial charge is 1.00 e. The quantitative estimate of drug-likeness (QED) is 0.181. The summed E-state index contributed by atoms with van der Waals surface area (Å²) < 4.78 is 0. The van der Waals surface area contributed by atoms with E-state index in [2.05, 4.69) is 12.6 Å². The first kappa shape index (κ1) is 15.7. The minimum Gasteiger partial charge on any atom is -1.00 e. The van der Waals surface area contributed by atoms with Gasteiger partial charge in [-0.15, -0.1) is 0 Å². The van der Waals surface area contributed by atoms with Crippen LogP contribution in [-0.2, 0) is 12.6 Å². The van der Waals surface area contributed by atoms with Crippen molar-refractivity contribution in [3.05, 3.63) is 0 Å². The molecule has 0 aromatic carbocycles. The molecule has 0 atom stereocenters.